The molecule has 0 bridgehead atoms. The summed E-state index contributed by atoms with van der Waals surface area (Å²) < 4.78 is 5.60. The van der Waals surface area contributed by atoms with Crippen LogP contribution in [0.1, 0.15) is 26.5 Å². The number of allylic oxidation sites excluding steroid dienone is 1. The lowest BCUT2D eigenvalue weighted by Gasteiger charge is -2.03. The van der Waals surface area contributed by atoms with Crippen LogP contribution < -0.4 is 0 Å². The monoisotopic (exact) mass is 422 g/mol. The van der Waals surface area contributed by atoms with Gasteiger partial charge in [-0.25, -0.2) is 4.79 Å². The smallest absolute Gasteiger partial charge is 0.335 e. The Balaban J connectivity index is 1.95. The van der Waals surface area contributed by atoms with Gasteiger partial charge in [0.05, 0.1) is 15.5 Å². The maximum Gasteiger partial charge on any atom is 0.335 e. The lowest BCUT2D eigenvalue weighted by Crippen LogP contribution is -2.02. The van der Waals surface area contributed by atoms with Crippen LogP contribution in [0.15, 0.2) is 64.6 Å². The van der Waals surface area contributed by atoms with Crippen LogP contribution in [0.4, 0.5) is 5.69 Å². The summed E-state index contributed by atoms with van der Waals surface area (Å²) in [6, 6.07) is 13.9. The summed E-state index contributed by atoms with van der Waals surface area (Å²) in [5, 5.41) is 29.6. The number of carbonyl (C=O) groups is 2. The molecule has 3 aromatic rings. The van der Waals surface area contributed by atoms with E-state index in [0.29, 0.717) is 5.56 Å². The standard InChI is InChI=1S/C21H11ClN2O6/c22-18-6-4-13(21(26)27)10-17(18)19-7-5-16(30-19)9-14(11-23)20(25)12-2-1-3-15(8-12)24(28)29/h1-10H,(H,26,27)/b14-9+. The molecule has 30 heavy (non-hydrogen) atoms. The number of carboxylic acid groups (broad SMARTS) is 1. The average Bonchev–Trinajstić information content (AvgIpc) is 3.20. The fraction of sp³-hybridized carbons (Fsp3) is 0. The molecule has 0 amide bonds. The Morgan fingerprint density at radius 1 is 1.13 bits per heavy atom. The minimum absolute atomic E-state index is 0.0130. The van der Waals surface area contributed by atoms with E-state index in [0.717, 1.165) is 6.07 Å². The van der Waals surface area contributed by atoms with Gasteiger partial charge in [0, 0.05) is 29.3 Å². The molecular formula is C21H11ClN2O6. The highest BCUT2D eigenvalue weighted by atomic mass is 35.5. The number of rotatable bonds is 6. The molecule has 0 spiro atoms. The Hall–Kier alpha value is -4.22. The van der Waals surface area contributed by atoms with E-state index in [4.69, 9.17) is 21.1 Å². The number of nitrogens with zero attached hydrogens (tertiary/aromatic N) is 2. The number of non-ortho nitro benzene ring substituents is 1. The highest BCUT2D eigenvalue weighted by molar-refractivity contribution is 6.33. The molecule has 2 aromatic carbocycles. The number of ketones is 1. The number of halogens is 1. The number of nitriles is 1. The predicted molar refractivity (Wildman–Crippen MR) is 107 cm³/mol. The molecule has 9 heteroatoms. The summed E-state index contributed by atoms with van der Waals surface area (Å²) in [6.45, 7) is 0. The predicted octanol–water partition coefficient (Wildman–Crippen LogP) is 5.00. The Morgan fingerprint density at radius 2 is 1.90 bits per heavy atom. The molecule has 1 heterocycles. The number of furan rings is 1. The molecule has 3 rings (SSSR count). The summed E-state index contributed by atoms with van der Waals surface area (Å²) >= 11 is 6.12. The number of hydrogen-bond donors (Lipinski definition) is 1. The maximum atomic E-state index is 12.6. The Bertz CT molecular complexity index is 1250. The number of carboxylic acids is 1. The highest BCUT2D eigenvalue weighted by Gasteiger charge is 2.17. The fourth-order valence-electron chi connectivity index (χ4n) is 2.63. The zero-order valence-corrected chi connectivity index (χ0v) is 15.8. The van der Waals surface area contributed by atoms with Crippen molar-refractivity contribution in [2.45, 2.75) is 0 Å². The quantitative estimate of drug-likeness (QED) is 0.194. The van der Waals surface area contributed by atoms with E-state index in [1.54, 1.807) is 6.07 Å². The molecule has 0 atom stereocenters. The summed E-state index contributed by atoms with van der Waals surface area (Å²) in [7, 11) is 0. The summed E-state index contributed by atoms with van der Waals surface area (Å²) in [6.07, 6.45) is 1.19. The van der Waals surface area contributed by atoms with Gasteiger partial charge in [0.2, 0.25) is 5.78 Å². The third-order valence-corrected chi connectivity index (χ3v) is 4.41. The molecule has 0 aliphatic rings. The molecule has 1 aromatic heterocycles. The number of Topliss-reactive ketones (excluding diaryl/α,β-unsaturated/α-hetero) is 1. The van der Waals surface area contributed by atoms with E-state index >= 15 is 0 Å². The van der Waals surface area contributed by atoms with Crippen molar-refractivity contribution in [2.24, 2.45) is 0 Å². The van der Waals surface area contributed by atoms with Crippen LogP contribution >= 0.6 is 11.6 Å². The molecule has 8 nitrogen and oxygen atoms in total. The van der Waals surface area contributed by atoms with Gasteiger partial charge in [-0.05, 0) is 30.3 Å². The summed E-state index contributed by atoms with van der Waals surface area (Å²) in [4.78, 5) is 34.0. The zero-order chi connectivity index (χ0) is 21.8. The van der Waals surface area contributed by atoms with E-state index in [9.17, 15) is 25.0 Å². The van der Waals surface area contributed by atoms with Crippen molar-refractivity contribution >= 4 is 35.1 Å². The molecule has 0 fully saturated rings. The van der Waals surface area contributed by atoms with E-state index < -0.39 is 16.7 Å². The zero-order valence-electron chi connectivity index (χ0n) is 15.0. The molecule has 0 aliphatic heterocycles. The van der Waals surface area contributed by atoms with Crippen molar-refractivity contribution in [3.63, 3.8) is 0 Å². The van der Waals surface area contributed by atoms with Crippen LogP contribution in [0.2, 0.25) is 5.02 Å². The Labute approximate surface area is 174 Å². The van der Waals surface area contributed by atoms with Crippen molar-refractivity contribution in [3.05, 3.63) is 92.2 Å². The number of hydrogen-bond acceptors (Lipinski definition) is 6. The molecular weight excluding hydrogens is 412 g/mol. The van der Waals surface area contributed by atoms with Gasteiger partial charge >= 0.3 is 5.97 Å². The molecule has 0 aliphatic carbocycles. The van der Waals surface area contributed by atoms with Crippen molar-refractivity contribution < 1.29 is 24.0 Å². The van der Waals surface area contributed by atoms with Crippen LogP contribution in [0.5, 0.6) is 0 Å². The topological polar surface area (TPSA) is 134 Å². The van der Waals surface area contributed by atoms with Gasteiger partial charge in [0.1, 0.15) is 23.2 Å². The van der Waals surface area contributed by atoms with Crippen LogP contribution in [-0.4, -0.2) is 21.8 Å². The van der Waals surface area contributed by atoms with Gasteiger partial charge in [0.15, 0.2) is 0 Å². The van der Waals surface area contributed by atoms with Crippen LogP contribution in [0, 0.1) is 21.4 Å². The molecule has 148 valence electrons. The van der Waals surface area contributed by atoms with E-state index in [2.05, 4.69) is 0 Å². The normalized spacial score (nSPS) is 11.0. The summed E-state index contributed by atoms with van der Waals surface area (Å²) in [5.74, 6) is -1.44. The van der Waals surface area contributed by atoms with Crippen LogP contribution in [0.25, 0.3) is 17.4 Å². The van der Waals surface area contributed by atoms with E-state index in [-0.39, 0.29) is 38.9 Å². The van der Waals surface area contributed by atoms with E-state index in [1.807, 2.05) is 0 Å². The molecule has 0 radical (unpaired) electrons. The van der Waals surface area contributed by atoms with Crippen molar-refractivity contribution in [1.82, 2.24) is 0 Å². The second-order valence-corrected chi connectivity index (χ2v) is 6.42. The number of carbonyl (C=O) groups excluding carboxylic acids is 1. The second-order valence-electron chi connectivity index (χ2n) is 6.01. The van der Waals surface area contributed by atoms with Crippen molar-refractivity contribution in [1.29, 1.82) is 5.26 Å². The first-order valence-electron chi connectivity index (χ1n) is 8.34. The van der Waals surface area contributed by atoms with Gasteiger partial charge in [-0.1, -0.05) is 23.7 Å². The first-order chi connectivity index (χ1) is 14.3. The first-order valence-corrected chi connectivity index (χ1v) is 8.72. The number of aromatic carboxylic acids is 1. The third-order valence-electron chi connectivity index (χ3n) is 4.08. The van der Waals surface area contributed by atoms with Gasteiger partial charge in [-0.2, -0.15) is 5.26 Å². The number of nitro benzene ring substituents is 1. The molecule has 0 unspecified atom stereocenters. The molecule has 0 saturated heterocycles. The maximum absolute atomic E-state index is 12.6. The van der Waals surface area contributed by atoms with Crippen LogP contribution in [0.3, 0.4) is 0 Å². The Kier molecular flexibility index (Phi) is 5.76. The summed E-state index contributed by atoms with van der Waals surface area (Å²) in [5.41, 5.74) is -0.227. The average molecular weight is 423 g/mol. The highest BCUT2D eigenvalue weighted by Crippen LogP contribution is 2.31. The van der Waals surface area contributed by atoms with Crippen molar-refractivity contribution in [2.75, 3.05) is 0 Å². The SMILES string of the molecule is N#C/C(=C\c1ccc(-c2cc(C(=O)O)ccc2Cl)o1)C(=O)c1cccc([N+](=O)[O-])c1. The number of benzene rings is 2. The van der Waals surface area contributed by atoms with E-state index in [1.165, 1.54) is 54.6 Å². The minimum atomic E-state index is -1.13. The lowest BCUT2D eigenvalue weighted by atomic mass is 10.0. The Morgan fingerprint density at radius 3 is 2.57 bits per heavy atom. The number of nitro groups is 1. The minimum Gasteiger partial charge on any atom is -0.478 e. The fourth-order valence-corrected chi connectivity index (χ4v) is 2.84. The molecule has 0 saturated carbocycles. The largest absolute Gasteiger partial charge is 0.478 e. The van der Waals surface area contributed by atoms with Gasteiger partial charge in [-0.15, -0.1) is 0 Å². The third kappa shape index (κ3) is 4.27. The lowest BCUT2D eigenvalue weighted by molar-refractivity contribution is -0.384. The first kappa shape index (κ1) is 20.5. The second kappa shape index (κ2) is 8.43. The van der Waals surface area contributed by atoms with Gasteiger partial charge in [0.25, 0.3) is 5.69 Å². The van der Waals surface area contributed by atoms with Gasteiger partial charge < -0.3 is 9.52 Å². The molecule has 1 N–H and O–H groups in total. The van der Waals surface area contributed by atoms with Crippen molar-refractivity contribution in [3.8, 4) is 17.4 Å². The van der Waals surface area contributed by atoms with Crippen LogP contribution in [-0.2, 0) is 0 Å². The van der Waals surface area contributed by atoms with Gasteiger partial charge in [-0.3, -0.25) is 14.9 Å².